The molecule has 2 aromatic rings. The second-order valence-electron chi connectivity index (χ2n) is 6.68. The van der Waals surface area contributed by atoms with Gasteiger partial charge in [-0.3, -0.25) is 9.59 Å². The summed E-state index contributed by atoms with van der Waals surface area (Å²) in [5.74, 6) is 0.100. The molecule has 0 aliphatic carbocycles. The van der Waals surface area contributed by atoms with Crippen LogP contribution in [0.25, 0.3) is 0 Å². The molecule has 1 aliphatic heterocycles. The number of methoxy groups -OCH3 is 2. The second kappa shape index (κ2) is 8.73. The lowest BCUT2D eigenvalue weighted by molar-refractivity contribution is -0.128. The zero-order chi connectivity index (χ0) is 20.1. The normalized spacial score (nSPS) is 16.2. The summed E-state index contributed by atoms with van der Waals surface area (Å²) in [5, 5.41) is 2.68. The molecule has 1 saturated heterocycles. The molecule has 1 heterocycles. The van der Waals surface area contributed by atoms with Crippen molar-refractivity contribution in [3.05, 3.63) is 53.8 Å². The Morgan fingerprint density at radius 3 is 2.68 bits per heavy atom. The van der Waals surface area contributed by atoms with Crippen LogP contribution in [0, 0.1) is 11.7 Å². The number of carbonyl (C=O) groups is 2. The Morgan fingerprint density at radius 2 is 1.96 bits per heavy atom. The van der Waals surface area contributed by atoms with Crippen molar-refractivity contribution in [1.29, 1.82) is 0 Å². The van der Waals surface area contributed by atoms with Crippen LogP contribution in [0.1, 0.15) is 12.0 Å². The molecular weight excluding hydrogens is 363 g/mol. The highest BCUT2D eigenvalue weighted by Crippen LogP contribution is 2.28. The van der Waals surface area contributed by atoms with Crippen LogP contribution in [-0.4, -0.2) is 44.0 Å². The number of hydrogen-bond acceptors (Lipinski definition) is 4. The lowest BCUT2D eigenvalue weighted by Crippen LogP contribution is -2.30. The molecule has 1 aliphatic rings. The van der Waals surface area contributed by atoms with Gasteiger partial charge in [0.2, 0.25) is 11.8 Å². The minimum absolute atomic E-state index is 0.0557. The third kappa shape index (κ3) is 4.60. The molecule has 0 bridgehead atoms. The van der Waals surface area contributed by atoms with Crippen LogP contribution in [0.2, 0.25) is 0 Å². The Labute approximate surface area is 163 Å². The van der Waals surface area contributed by atoms with Gasteiger partial charge in [-0.1, -0.05) is 12.1 Å². The maximum absolute atomic E-state index is 13.3. The van der Waals surface area contributed by atoms with Gasteiger partial charge in [-0.15, -0.1) is 0 Å². The number of ether oxygens (including phenoxy) is 2. The summed E-state index contributed by atoms with van der Waals surface area (Å²) in [5.41, 5.74) is 1.40. The Morgan fingerprint density at radius 1 is 1.18 bits per heavy atom. The van der Waals surface area contributed by atoms with E-state index in [1.807, 2.05) is 18.2 Å². The van der Waals surface area contributed by atoms with Gasteiger partial charge in [-0.2, -0.15) is 0 Å². The van der Waals surface area contributed by atoms with E-state index in [1.165, 1.54) is 18.2 Å². The molecule has 0 aromatic heterocycles. The van der Waals surface area contributed by atoms with Crippen LogP contribution in [0.5, 0.6) is 11.5 Å². The van der Waals surface area contributed by atoms with Crippen molar-refractivity contribution in [1.82, 2.24) is 4.90 Å². The monoisotopic (exact) mass is 386 g/mol. The van der Waals surface area contributed by atoms with E-state index in [9.17, 15) is 14.0 Å². The highest BCUT2D eigenvalue weighted by atomic mass is 19.1. The molecule has 148 valence electrons. The fourth-order valence-corrected chi connectivity index (χ4v) is 3.27. The zero-order valence-electron chi connectivity index (χ0n) is 15.9. The van der Waals surface area contributed by atoms with Crippen LogP contribution in [0.15, 0.2) is 42.5 Å². The first-order chi connectivity index (χ1) is 13.5. The molecule has 6 nitrogen and oxygen atoms in total. The van der Waals surface area contributed by atoms with E-state index in [-0.39, 0.29) is 18.2 Å². The molecule has 0 radical (unpaired) electrons. The number of benzene rings is 2. The summed E-state index contributed by atoms with van der Waals surface area (Å²) >= 11 is 0. The molecule has 0 saturated carbocycles. The fraction of sp³-hybridized carbons (Fsp3) is 0.333. The number of hydrogen-bond donors (Lipinski definition) is 1. The Bertz CT molecular complexity index is 871. The molecule has 1 N–H and O–H groups in total. The third-order valence-electron chi connectivity index (χ3n) is 4.80. The molecule has 3 rings (SSSR count). The number of nitrogens with zero attached hydrogens (tertiary/aromatic N) is 1. The number of likely N-dealkylation sites (tertiary alicyclic amines) is 1. The van der Waals surface area contributed by atoms with E-state index in [2.05, 4.69) is 5.32 Å². The molecule has 2 aromatic carbocycles. The van der Waals surface area contributed by atoms with Crippen LogP contribution >= 0.6 is 0 Å². The van der Waals surface area contributed by atoms with E-state index < -0.39 is 11.7 Å². The van der Waals surface area contributed by atoms with Crippen molar-refractivity contribution in [2.75, 3.05) is 32.6 Å². The van der Waals surface area contributed by atoms with E-state index in [0.29, 0.717) is 36.7 Å². The van der Waals surface area contributed by atoms with Gasteiger partial charge in [-0.25, -0.2) is 4.39 Å². The number of anilines is 1. The van der Waals surface area contributed by atoms with Crippen molar-refractivity contribution in [2.24, 2.45) is 5.92 Å². The average molecular weight is 386 g/mol. The van der Waals surface area contributed by atoms with Gasteiger partial charge in [0.1, 0.15) is 5.82 Å². The van der Waals surface area contributed by atoms with E-state index >= 15 is 0 Å². The molecule has 1 unspecified atom stereocenters. The molecule has 0 spiro atoms. The van der Waals surface area contributed by atoms with Crippen LogP contribution in [-0.2, 0) is 16.0 Å². The van der Waals surface area contributed by atoms with Crippen molar-refractivity contribution >= 4 is 17.5 Å². The first-order valence-electron chi connectivity index (χ1n) is 9.05. The Balaban J connectivity index is 1.56. The molecular formula is C21H23FN2O4. The smallest absolute Gasteiger partial charge is 0.229 e. The van der Waals surface area contributed by atoms with Crippen molar-refractivity contribution in [3.8, 4) is 11.5 Å². The van der Waals surface area contributed by atoms with E-state index in [1.54, 1.807) is 25.2 Å². The molecule has 1 atom stereocenters. The van der Waals surface area contributed by atoms with Crippen molar-refractivity contribution < 1.29 is 23.5 Å². The van der Waals surface area contributed by atoms with Gasteiger partial charge >= 0.3 is 0 Å². The number of halogens is 1. The second-order valence-corrected chi connectivity index (χ2v) is 6.68. The van der Waals surface area contributed by atoms with E-state index in [4.69, 9.17) is 9.47 Å². The SMILES string of the molecule is COc1ccc(CCN2CC(C(=O)Nc3cccc(F)c3)CC2=O)cc1OC. The van der Waals surface area contributed by atoms with Gasteiger partial charge in [-0.05, 0) is 42.3 Å². The fourth-order valence-electron chi connectivity index (χ4n) is 3.27. The topological polar surface area (TPSA) is 67.9 Å². The molecule has 1 fully saturated rings. The largest absolute Gasteiger partial charge is 0.493 e. The van der Waals surface area contributed by atoms with Crippen molar-refractivity contribution in [3.63, 3.8) is 0 Å². The van der Waals surface area contributed by atoms with Gasteiger partial charge in [0, 0.05) is 25.2 Å². The van der Waals surface area contributed by atoms with Gasteiger partial charge in [0.15, 0.2) is 11.5 Å². The van der Waals surface area contributed by atoms with Gasteiger partial charge < -0.3 is 19.7 Å². The quantitative estimate of drug-likeness (QED) is 0.795. The number of carbonyl (C=O) groups excluding carboxylic acids is 2. The minimum atomic E-state index is -0.443. The standard InChI is InChI=1S/C21H23FN2O4/c1-27-18-7-6-14(10-19(18)28-2)8-9-24-13-15(11-20(24)25)21(26)23-17-5-3-4-16(22)12-17/h3-7,10,12,15H,8-9,11,13H2,1-2H3,(H,23,26). The number of amides is 2. The summed E-state index contributed by atoms with van der Waals surface area (Å²) in [6.45, 7) is 0.866. The summed E-state index contributed by atoms with van der Waals surface area (Å²) < 4.78 is 23.8. The Kier molecular flexibility index (Phi) is 6.13. The number of rotatable bonds is 7. The van der Waals surface area contributed by atoms with E-state index in [0.717, 1.165) is 5.56 Å². The molecule has 28 heavy (non-hydrogen) atoms. The van der Waals surface area contributed by atoms with Crippen LogP contribution in [0.3, 0.4) is 0 Å². The highest BCUT2D eigenvalue weighted by molar-refractivity contribution is 5.97. The molecule has 2 amide bonds. The first kappa shape index (κ1) is 19.7. The highest BCUT2D eigenvalue weighted by Gasteiger charge is 2.34. The summed E-state index contributed by atoms with van der Waals surface area (Å²) in [6.07, 6.45) is 0.803. The third-order valence-corrected chi connectivity index (χ3v) is 4.80. The minimum Gasteiger partial charge on any atom is -0.493 e. The summed E-state index contributed by atoms with van der Waals surface area (Å²) in [7, 11) is 3.16. The molecule has 7 heteroatoms. The summed E-state index contributed by atoms with van der Waals surface area (Å²) in [6, 6.07) is 11.3. The maximum atomic E-state index is 13.3. The predicted octanol–water partition coefficient (Wildman–Crippen LogP) is 2.87. The zero-order valence-corrected chi connectivity index (χ0v) is 15.9. The van der Waals surface area contributed by atoms with Crippen LogP contribution < -0.4 is 14.8 Å². The van der Waals surface area contributed by atoms with Gasteiger partial charge in [0.05, 0.1) is 20.1 Å². The first-order valence-corrected chi connectivity index (χ1v) is 9.05. The van der Waals surface area contributed by atoms with Crippen LogP contribution in [0.4, 0.5) is 10.1 Å². The maximum Gasteiger partial charge on any atom is 0.229 e. The van der Waals surface area contributed by atoms with Crippen molar-refractivity contribution in [2.45, 2.75) is 12.8 Å². The number of nitrogens with one attached hydrogen (secondary N) is 1. The lowest BCUT2D eigenvalue weighted by Gasteiger charge is -2.17. The summed E-state index contributed by atoms with van der Waals surface area (Å²) in [4.78, 5) is 26.4. The average Bonchev–Trinajstić information content (AvgIpc) is 3.07. The Hall–Kier alpha value is -3.09. The predicted molar refractivity (Wildman–Crippen MR) is 103 cm³/mol. The lowest BCUT2D eigenvalue weighted by atomic mass is 10.1. The van der Waals surface area contributed by atoms with Gasteiger partial charge in [0.25, 0.3) is 0 Å².